The van der Waals surface area contributed by atoms with Gasteiger partial charge in [0, 0.05) is 63.2 Å². The van der Waals surface area contributed by atoms with Crippen LogP contribution in [0.25, 0.3) is 0 Å². The van der Waals surface area contributed by atoms with Gasteiger partial charge in [-0.2, -0.15) is 5.10 Å². The minimum atomic E-state index is 0.684. The number of ether oxygens (including phenoxy) is 1. The third kappa shape index (κ3) is 2.18. The molecule has 1 aromatic rings. The van der Waals surface area contributed by atoms with Crippen LogP contribution in [-0.4, -0.2) is 64.0 Å². The lowest BCUT2D eigenvalue weighted by Crippen LogP contribution is -2.42. The van der Waals surface area contributed by atoms with Gasteiger partial charge in [-0.1, -0.05) is 0 Å². The number of nitrogens with zero attached hydrogens (tertiary/aromatic N) is 4. The van der Waals surface area contributed by atoms with Crippen LogP contribution in [0.5, 0.6) is 0 Å². The van der Waals surface area contributed by atoms with Crippen LogP contribution in [0.2, 0.25) is 0 Å². The van der Waals surface area contributed by atoms with Crippen molar-refractivity contribution in [2.45, 2.75) is 43.9 Å². The Bertz CT molecular complexity index is 468. The largest absolute Gasteiger partial charge is 0.380 e. The molecule has 3 aliphatic heterocycles. The molecule has 0 unspecified atom stereocenters. The Balaban J connectivity index is 1.42. The summed E-state index contributed by atoms with van der Waals surface area (Å²) in [6.07, 6.45) is 8.02. The van der Waals surface area contributed by atoms with E-state index in [9.17, 15) is 0 Å². The van der Waals surface area contributed by atoms with Crippen LogP contribution < -0.4 is 0 Å². The summed E-state index contributed by atoms with van der Waals surface area (Å²) in [6, 6.07) is 2.19. The van der Waals surface area contributed by atoms with Gasteiger partial charge in [-0.25, -0.2) is 0 Å². The normalized spacial score (nSPS) is 35.0. The first-order chi connectivity index (χ1) is 9.81. The number of hydrogen-bond acceptors (Lipinski definition) is 4. The van der Waals surface area contributed by atoms with Crippen molar-refractivity contribution < 1.29 is 4.74 Å². The van der Waals surface area contributed by atoms with Gasteiger partial charge in [0.1, 0.15) is 0 Å². The highest BCUT2D eigenvalue weighted by molar-refractivity contribution is 5.08. The molecule has 0 bridgehead atoms. The number of rotatable bonds is 3. The van der Waals surface area contributed by atoms with Gasteiger partial charge in [0.15, 0.2) is 0 Å². The molecule has 0 N–H and O–H groups in total. The molecule has 3 atom stereocenters. The van der Waals surface area contributed by atoms with Crippen LogP contribution in [0.15, 0.2) is 12.4 Å². The Morgan fingerprint density at radius 3 is 2.90 bits per heavy atom. The summed E-state index contributed by atoms with van der Waals surface area (Å²) in [6.45, 7) is 5.45. The van der Waals surface area contributed by atoms with E-state index in [2.05, 4.69) is 21.1 Å². The summed E-state index contributed by atoms with van der Waals surface area (Å²) in [5.74, 6) is 0. The Labute approximate surface area is 120 Å². The van der Waals surface area contributed by atoms with Gasteiger partial charge < -0.3 is 4.74 Å². The first kappa shape index (κ1) is 12.8. The number of likely N-dealkylation sites (tertiary alicyclic amines) is 2. The second-order valence-corrected chi connectivity index (χ2v) is 6.46. The molecule has 5 heteroatoms. The van der Waals surface area contributed by atoms with Crippen molar-refractivity contribution in [3.8, 4) is 0 Å². The summed E-state index contributed by atoms with van der Waals surface area (Å²) in [4.78, 5) is 5.40. The highest BCUT2D eigenvalue weighted by Gasteiger charge is 2.45. The average molecular weight is 276 g/mol. The molecule has 4 rings (SSSR count). The highest BCUT2D eigenvalue weighted by atomic mass is 16.5. The second-order valence-electron chi connectivity index (χ2n) is 6.46. The van der Waals surface area contributed by atoms with Gasteiger partial charge in [0.25, 0.3) is 0 Å². The first-order valence-electron chi connectivity index (χ1n) is 7.86. The lowest BCUT2D eigenvalue weighted by Gasteiger charge is -2.29. The van der Waals surface area contributed by atoms with Gasteiger partial charge in [-0.05, 0) is 19.3 Å². The van der Waals surface area contributed by atoms with Crippen molar-refractivity contribution in [1.29, 1.82) is 0 Å². The lowest BCUT2D eigenvalue weighted by molar-refractivity contribution is 0.131. The van der Waals surface area contributed by atoms with Crippen LogP contribution >= 0.6 is 0 Å². The van der Waals surface area contributed by atoms with Crippen molar-refractivity contribution in [1.82, 2.24) is 19.6 Å². The van der Waals surface area contributed by atoms with Crippen molar-refractivity contribution in [3.05, 3.63) is 18.0 Å². The summed E-state index contributed by atoms with van der Waals surface area (Å²) >= 11 is 0. The molecule has 20 heavy (non-hydrogen) atoms. The van der Waals surface area contributed by atoms with E-state index >= 15 is 0 Å². The molecule has 1 aromatic heterocycles. The predicted octanol–water partition coefficient (Wildman–Crippen LogP) is 0.858. The van der Waals surface area contributed by atoms with Crippen LogP contribution in [-0.2, 0) is 18.3 Å². The van der Waals surface area contributed by atoms with Gasteiger partial charge in [0.2, 0.25) is 0 Å². The summed E-state index contributed by atoms with van der Waals surface area (Å²) < 4.78 is 7.48. The molecule has 4 heterocycles. The smallest absolute Gasteiger partial charge is 0.0622 e. The maximum Gasteiger partial charge on any atom is 0.0622 e. The Morgan fingerprint density at radius 2 is 2.15 bits per heavy atom. The van der Waals surface area contributed by atoms with Crippen LogP contribution in [0.1, 0.15) is 24.8 Å². The summed E-state index contributed by atoms with van der Waals surface area (Å²) in [7, 11) is 1.99. The van der Waals surface area contributed by atoms with E-state index in [1.165, 1.54) is 37.9 Å². The van der Waals surface area contributed by atoms with Gasteiger partial charge >= 0.3 is 0 Å². The molecule has 0 saturated carbocycles. The maximum absolute atomic E-state index is 5.58. The molecular formula is C15H24N4O. The van der Waals surface area contributed by atoms with Crippen molar-refractivity contribution in [2.75, 3.05) is 26.3 Å². The Morgan fingerprint density at radius 1 is 1.25 bits per heavy atom. The molecule has 110 valence electrons. The molecule has 3 aliphatic rings. The Kier molecular flexibility index (Phi) is 3.28. The molecule has 0 aromatic carbocycles. The predicted molar refractivity (Wildman–Crippen MR) is 76.4 cm³/mol. The van der Waals surface area contributed by atoms with Crippen molar-refractivity contribution in [3.63, 3.8) is 0 Å². The van der Waals surface area contributed by atoms with E-state index in [0.717, 1.165) is 31.8 Å². The topological polar surface area (TPSA) is 33.5 Å². The van der Waals surface area contributed by atoms with Crippen molar-refractivity contribution >= 4 is 0 Å². The molecule has 0 radical (unpaired) electrons. The minimum absolute atomic E-state index is 0.684. The average Bonchev–Trinajstić information content (AvgIpc) is 3.16. The van der Waals surface area contributed by atoms with Crippen molar-refractivity contribution in [2.24, 2.45) is 7.05 Å². The van der Waals surface area contributed by atoms with E-state index in [-0.39, 0.29) is 0 Å². The second kappa shape index (κ2) is 5.13. The Hall–Kier alpha value is -0.910. The monoisotopic (exact) mass is 276 g/mol. The zero-order chi connectivity index (χ0) is 13.5. The summed E-state index contributed by atoms with van der Waals surface area (Å²) in [5, 5.41) is 4.29. The van der Waals surface area contributed by atoms with E-state index < -0.39 is 0 Å². The fourth-order valence-corrected chi connectivity index (χ4v) is 4.33. The number of fused-ring (bicyclic) bond motifs is 1. The van der Waals surface area contributed by atoms with E-state index in [4.69, 9.17) is 4.74 Å². The summed E-state index contributed by atoms with van der Waals surface area (Å²) in [5.41, 5.74) is 1.34. The SMILES string of the molecule is Cn1cc(CN2CC[C@@H]3[C@@H]2CCN3[C@@H]2CCOC2)cn1. The standard InChI is InChI=1S/C15H24N4O/c1-17-9-12(8-16-17)10-18-5-2-15-14(18)3-6-19(15)13-4-7-20-11-13/h8-9,13-15H,2-7,10-11H2,1H3/t13-,14+,15-/m1/s1. The van der Waals surface area contributed by atoms with Gasteiger partial charge in [-0.15, -0.1) is 0 Å². The van der Waals surface area contributed by atoms with E-state index in [1.54, 1.807) is 0 Å². The number of hydrogen-bond donors (Lipinski definition) is 0. The molecule has 0 amide bonds. The minimum Gasteiger partial charge on any atom is -0.380 e. The van der Waals surface area contributed by atoms with Crippen LogP contribution in [0, 0.1) is 0 Å². The molecule has 5 nitrogen and oxygen atoms in total. The maximum atomic E-state index is 5.58. The zero-order valence-electron chi connectivity index (χ0n) is 12.2. The van der Waals surface area contributed by atoms with Gasteiger partial charge in [-0.3, -0.25) is 14.5 Å². The third-order valence-electron chi connectivity index (χ3n) is 5.25. The first-order valence-corrected chi connectivity index (χ1v) is 7.86. The van der Waals surface area contributed by atoms with E-state index in [1.807, 2.05) is 17.9 Å². The fraction of sp³-hybridized carbons (Fsp3) is 0.800. The zero-order valence-corrected chi connectivity index (χ0v) is 12.2. The van der Waals surface area contributed by atoms with E-state index in [0.29, 0.717) is 6.04 Å². The number of aromatic nitrogens is 2. The molecule has 0 aliphatic carbocycles. The molecule has 3 saturated heterocycles. The van der Waals surface area contributed by atoms with Crippen LogP contribution in [0.4, 0.5) is 0 Å². The fourth-order valence-electron chi connectivity index (χ4n) is 4.33. The third-order valence-corrected chi connectivity index (χ3v) is 5.25. The molecule has 0 spiro atoms. The number of aryl methyl sites for hydroxylation is 1. The molecule has 3 fully saturated rings. The van der Waals surface area contributed by atoms with Gasteiger partial charge in [0.05, 0.1) is 12.8 Å². The van der Waals surface area contributed by atoms with Crippen LogP contribution in [0.3, 0.4) is 0 Å². The highest BCUT2D eigenvalue weighted by Crippen LogP contribution is 2.35. The quantitative estimate of drug-likeness (QED) is 0.820. The lowest BCUT2D eigenvalue weighted by atomic mass is 10.1. The molecular weight excluding hydrogens is 252 g/mol.